The minimum absolute atomic E-state index is 0. The van der Waals surface area contributed by atoms with E-state index in [0.29, 0.717) is 26.2 Å². The van der Waals surface area contributed by atoms with Crippen molar-refractivity contribution in [1.29, 1.82) is 0 Å². The molecular weight excluding hydrogens is 342 g/mol. The minimum Gasteiger partial charge on any atom is -0.383 e. The van der Waals surface area contributed by atoms with Crippen LogP contribution in [0.15, 0.2) is 30.3 Å². The molecule has 136 valence electrons. The van der Waals surface area contributed by atoms with Crippen LogP contribution in [0.3, 0.4) is 0 Å². The number of nitrogens with one attached hydrogen (secondary N) is 1. The molecule has 0 bridgehead atoms. The van der Waals surface area contributed by atoms with Crippen molar-refractivity contribution in [1.82, 2.24) is 25.0 Å². The van der Waals surface area contributed by atoms with Gasteiger partial charge in [-0.2, -0.15) is 0 Å². The summed E-state index contributed by atoms with van der Waals surface area (Å²) in [4.78, 5) is 14.3. The van der Waals surface area contributed by atoms with Gasteiger partial charge < -0.3 is 15.0 Å². The fourth-order valence-electron chi connectivity index (χ4n) is 2.96. The van der Waals surface area contributed by atoms with Crippen LogP contribution in [-0.2, 0) is 29.2 Å². The third kappa shape index (κ3) is 4.36. The molecule has 7 nitrogen and oxygen atoms in total. The predicted molar refractivity (Wildman–Crippen MR) is 96.3 cm³/mol. The first-order valence-corrected chi connectivity index (χ1v) is 8.15. The van der Waals surface area contributed by atoms with Crippen molar-refractivity contribution in [3.63, 3.8) is 0 Å². The molecule has 25 heavy (non-hydrogen) atoms. The highest BCUT2D eigenvalue weighted by molar-refractivity contribution is 5.85. The summed E-state index contributed by atoms with van der Waals surface area (Å²) in [7, 11) is 1.64. The maximum atomic E-state index is 12.5. The number of carbonyl (C=O) groups excluding carboxylic acids is 1. The number of rotatable bonds is 7. The maximum absolute atomic E-state index is 12.5. The Kier molecular flexibility index (Phi) is 6.92. The Hall–Kier alpha value is -1.96. The Morgan fingerprint density at radius 3 is 2.72 bits per heavy atom. The van der Waals surface area contributed by atoms with Gasteiger partial charge in [0.25, 0.3) is 0 Å². The molecule has 1 N–H and O–H groups in total. The SMILES string of the molecule is COCCN1Cc2nnc(CNCc3ccccc3)n2[C@@H](C)C1=O.Cl. The van der Waals surface area contributed by atoms with Crippen molar-refractivity contribution in [2.24, 2.45) is 0 Å². The number of aromatic nitrogens is 3. The number of hydrogen-bond donors (Lipinski definition) is 1. The summed E-state index contributed by atoms with van der Waals surface area (Å²) >= 11 is 0. The average molecular weight is 366 g/mol. The molecule has 0 radical (unpaired) electrons. The fraction of sp³-hybridized carbons (Fsp3) is 0.471. The summed E-state index contributed by atoms with van der Waals surface area (Å²) in [6, 6.07) is 9.91. The first-order chi connectivity index (χ1) is 11.7. The number of methoxy groups -OCH3 is 1. The Labute approximate surface area is 153 Å². The molecule has 0 unspecified atom stereocenters. The average Bonchev–Trinajstić information content (AvgIpc) is 3.01. The monoisotopic (exact) mass is 365 g/mol. The lowest BCUT2D eigenvalue weighted by molar-refractivity contribution is -0.137. The Balaban J connectivity index is 0.00000225. The second kappa shape index (κ2) is 8.94. The van der Waals surface area contributed by atoms with Gasteiger partial charge in [0.15, 0.2) is 5.82 Å². The van der Waals surface area contributed by atoms with Gasteiger partial charge in [-0.1, -0.05) is 30.3 Å². The lowest BCUT2D eigenvalue weighted by Gasteiger charge is -2.32. The summed E-state index contributed by atoms with van der Waals surface area (Å²) in [5.74, 6) is 1.71. The number of amides is 1. The van der Waals surface area contributed by atoms with Gasteiger partial charge in [-0.3, -0.25) is 9.36 Å². The molecule has 1 aromatic heterocycles. The number of benzene rings is 1. The van der Waals surface area contributed by atoms with Crippen LogP contribution in [0.2, 0.25) is 0 Å². The second-order valence-electron chi connectivity index (χ2n) is 5.92. The molecule has 1 aliphatic rings. The lowest BCUT2D eigenvalue weighted by atomic mass is 10.2. The third-order valence-electron chi connectivity index (χ3n) is 4.25. The summed E-state index contributed by atoms with van der Waals surface area (Å²) in [5, 5.41) is 11.9. The smallest absolute Gasteiger partial charge is 0.245 e. The minimum atomic E-state index is -0.283. The van der Waals surface area contributed by atoms with Crippen molar-refractivity contribution in [3.05, 3.63) is 47.5 Å². The molecule has 0 saturated heterocycles. The third-order valence-corrected chi connectivity index (χ3v) is 4.25. The lowest BCUT2D eigenvalue weighted by Crippen LogP contribution is -2.43. The molecule has 2 aromatic rings. The van der Waals surface area contributed by atoms with Crippen LogP contribution in [-0.4, -0.2) is 45.8 Å². The number of fused-ring (bicyclic) bond motifs is 1. The number of nitrogens with zero attached hydrogens (tertiary/aromatic N) is 4. The van der Waals surface area contributed by atoms with Crippen molar-refractivity contribution in [3.8, 4) is 0 Å². The van der Waals surface area contributed by atoms with Gasteiger partial charge in [-0.05, 0) is 12.5 Å². The summed E-state index contributed by atoms with van der Waals surface area (Å²) in [6.07, 6.45) is 0. The first-order valence-electron chi connectivity index (χ1n) is 8.15. The molecule has 3 rings (SSSR count). The standard InChI is InChI=1S/C17H23N5O2.ClH/c1-13-17(23)21(8-9-24-2)12-16-20-19-15(22(13)16)11-18-10-14-6-4-3-5-7-14;/h3-7,13,18H,8-12H2,1-2H3;1H/t13-;/m0./s1. The molecule has 0 spiro atoms. The Morgan fingerprint density at radius 2 is 2.00 bits per heavy atom. The van der Waals surface area contributed by atoms with Crippen LogP contribution >= 0.6 is 12.4 Å². The van der Waals surface area contributed by atoms with Crippen molar-refractivity contribution >= 4 is 18.3 Å². The molecule has 1 aromatic carbocycles. The molecule has 2 heterocycles. The van der Waals surface area contributed by atoms with Gasteiger partial charge in [0.05, 0.1) is 19.7 Å². The van der Waals surface area contributed by atoms with E-state index in [2.05, 4.69) is 27.6 Å². The van der Waals surface area contributed by atoms with Crippen molar-refractivity contribution in [2.45, 2.75) is 32.6 Å². The highest BCUT2D eigenvalue weighted by atomic mass is 35.5. The zero-order valence-corrected chi connectivity index (χ0v) is 15.3. The maximum Gasteiger partial charge on any atom is 0.245 e. The topological polar surface area (TPSA) is 72.3 Å². The molecule has 0 aliphatic carbocycles. The van der Waals surface area contributed by atoms with Crippen molar-refractivity contribution in [2.75, 3.05) is 20.3 Å². The van der Waals surface area contributed by atoms with E-state index in [-0.39, 0.29) is 24.4 Å². The quantitative estimate of drug-likeness (QED) is 0.805. The van der Waals surface area contributed by atoms with Crippen LogP contribution in [0.25, 0.3) is 0 Å². The molecule has 8 heteroatoms. The number of hydrogen-bond acceptors (Lipinski definition) is 5. The van der Waals surface area contributed by atoms with E-state index in [9.17, 15) is 4.79 Å². The van der Waals surface area contributed by atoms with Crippen molar-refractivity contribution < 1.29 is 9.53 Å². The van der Waals surface area contributed by atoms with Crippen LogP contribution in [0.5, 0.6) is 0 Å². The fourth-order valence-corrected chi connectivity index (χ4v) is 2.96. The molecule has 0 saturated carbocycles. The first kappa shape index (κ1) is 19.4. The van der Waals surface area contributed by atoms with Crippen LogP contribution in [0.4, 0.5) is 0 Å². The van der Waals surface area contributed by atoms with Gasteiger partial charge in [0.2, 0.25) is 5.91 Å². The van der Waals surface area contributed by atoms with E-state index in [0.717, 1.165) is 18.2 Å². The second-order valence-corrected chi connectivity index (χ2v) is 5.92. The Morgan fingerprint density at radius 1 is 1.24 bits per heavy atom. The molecule has 1 atom stereocenters. The van der Waals surface area contributed by atoms with Gasteiger partial charge in [-0.15, -0.1) is 22.6 Å². The predicted octanol–water partition coefficient (Wildman–Crippen LogP) is 1.54. The van der Waals surface area contributed by atoms with E-state index in [1.54, 1.807) is 12.0 Å². The van der Waals surface area contributed by atoms with Crippen LogP contribution in [0.1, 0.15) is 30.2 Å². The normalized spacial score (nSPS) is 16.5. The summed E-state index contributed by atoms with van der Waals surface area (Å²) < 4.78 is 7.02. The molecule has 1 amide bonds. The molecular formula is C17H24ClN5O2. The van der Waals surface area contributed by atoms with Gasteiger partial charge in [0, 0.05) is 20.2 Å². The molecule has 0 fully saturated rings. The summed E-state index contributed by atoms with van der Waals surface area (Å²) in [6.45, 7) is 4.82. The summed E-state index contributed by atoms with van der Waals surface area (Å²) in [5.41, 5.74) is 1.21. The highest BCUT2D eigenvalue weighted by Crippen LogP contribution is 2.22. The van der Waals surface area contributed by atoms with Crippen LogP contribution in [0, 0.1) is 0 Å². The number of carbonyl (C=O) groups is 1. The Bertz CT molecular complexity index is 692. The van der Waals surface area contributed by atoms with E-state index in [1.165, 1.54) is 5.56 Å². The number of ether oxygens (including phenoxy) is 1. The van der Waals surface area contributed by atoms with Gasteiger partial charge in [0.1, 0.15) is 11.9 Å². The zero-order valence-electron chi connectivity index (χ0n) is 14.5. The largest absolute Gasteiger partial charge is 0.383 e. The van der Waals surface area contributed by atoms with Gasteiger partial charge in [-0.25, -0.2) is 0 Å². The number of halogens is 1. The van der Waals surface area contributed by atoms with Gasteiger partial charge >= 0.3 is 0 Å². The zero-order chi connectivity index (χ0) is 16.9. The highest BCUT2D eigenvalue weighted by Gasteiger charge is 2.32. The molecule has 1 aliphatic heterocycles. The van der Waals surface area contributed by atoms with E-state index in [1.807, 2.05) is 29.7 Å². The van der Waals surface area contributed by atoms with Crippen LogP contribution < -0.4 is 5.32 Å². The van der Waals surface area contributed by atoms with E-state index >= 15 is 0 Å². The van der Waals surface area contributed by atoms with E-state index < -0.39 is 0 Å². The van der Waals surface area contributed by atoms with E-state index in [4.69, 9.17) is 4.74 Å².